The highest BCUT2D eigenvalue weighted by Crippen LogP contribution is 2.22. The van der Waals surface area contributed by atoms with Gasteiger partial charge in [-0.25, -0.2) is 4.98 Å². The van der Waals surface area contributed by atoms with Gasteiger partial charge >= 0.3 is 0 Å². The van der Waals surface area contributed by atoms with E-state index in [4.69, 9.17) is 4.52 Å². The molecule has 0 aliphatic carbocycles. The lowest BCUT2D eigenvalue weighted by Crippen LogP contribution is -2.49. The monoisotopic (exact) mass is 443 g/mol. The molecule has 0 spiro atoms. The molecule has 1 amide bonds. The zero-order chi connectivity index (χ0) is 22.8. The molecule has 3 aromatic heterocycles. The number of nitrogens with zero attached hydrogens (tertiary/aromatic N) is 6. The number of pyridine rings is 1. The molecule has 0 saturated carbocycles. The molecule has 1 fully saturated rings. The summed E-state index contributed by atoms with van der Waals surface area (Å²) in [7, 11) is 0. The normalized spacial score (nSPS) is 14.2. The lowest BCUT2D eigenvalue weighted by atomic mass is 10.1. The van der Waals surface area contributed by atoms with Crippen LogP contribution in [0.4, 0.5) is 5.82 Å². The average molecular weight is 444 g/mol. The predicted octanol–water partition coefficient (Wildman–Crippen LogP) is 3.61. The number of piperazine rings is 1. The van der Waals surface area contributed by atoms with Gasteiger partial charge in [0.05, 0.1) is 5.69 Å². The summed E-state index contributed by atoms with van der Waals surface area (Å²) in [6, 6.07) is 15.5. The summed E-state index contributed by atoms with van der Waals surface area (Å²) in [5, 5.41) is 11.2. The van der Waals surface area contributed by atoms with Crippen molar-refractivity contribution in [3.63, 3.8) is 0 Å². The van der Waals surface area contributed by atoms with Crippen molar-refractivity contribution < 1.29 is 9.32 Å². The van der Waals surface area contributed by atoms with E-state index in [1.807, 2.05) is 67.3 Å². The summed E-state index contributed by atoms with van der Waals surface area (Å²) in [4.78, 5) is 26.0. The first-order valence-electron chi connectivity index (χ1n) is 11.0. The molecule has 9 nitrogen and oxygen atoms in total. The molecule has 168 valence electrons. The third kappa shape index (κ3) is 4.34. The first-order chi connectivity index (χ1) is 16.1. The quantitative estimate of drug-likeness (QED) is 0.502. The van der Waals surface area contributed by atoms with Crippen LogP contribution in [-0.4, -0.2) is 62.3 Å². The van der Waals surface area contributed by atoms with Gasteiger partial charge in [-0.1, -0.05) is 49.3 Å². The second-order valence-electron chi connectivity index (χ2n) is 8.33. The highest BCUT2D eigenvalue weighted by Gasteiger charge is 2.24. The van der Waals surface area contributed by atoms with E-state index in [2.05, 4.69) is 30.2 Å². The van der Waals surface area contributed by atoms with Crippen LogP contribution < -0.4 is 4.90 Å². The smallest absolute Gasteiger partial charge is 0.272 e. The van der Waals surface area contributed by atoms with Crippen molar-refractivity contribution in [3.8, 4) is 22.6 Å². The van der Waals surface area contributed by atoms with Gasteiger partial charge in [0.25, 0.3) is 5.91 Å². The van der Waals surface area contributed by atoms with Gasteiger partial charge in [0, 0.05) is 49.4 Å². The first kappa shape index (κ1) is 20.9. The number of hydrogen-bond acceptors (Lipinski definition) is 7. The summed E-state index contributed by atoms with van der Waals surface area (Å²) in [6.07, 6.45) is 1.76. The molecule has 9 heteroatoms. The Kier molecular flexibility index (Phi) is 5.60. The van der Waals surface area contributed by atoms with Crippen LogP contribution in [0.3, 0.4) is 0 Å². The second kappa shape index (κ2) is 8.85. The fourth-order valence-electron chi connectivity index (χ4n) is 3.79. The van der Waals surface area contributed by atoms with Crippen molar-refractivity contribution in [2.45, 2.75) is 19.8 Å². The maximum Gasteiger partial charge on any atom is 0.272 e. The number of hydrogen-bond donors (Lipinski definition) is 1. The number of benzene rings is 1. The van der Waals surface area contributed by atoms with Gasteiger partial charge in [0.15, 0.2) is 0 Å². The van der Waals surface area contributed by atoms with Crippen molar-refractivity contribution >= 4 is 11.7 Å². The number of aromatic amines is 1. The molecule has 1 aliphatic heterocycles. The van der Waals surface area contributed by atoms with E-state index in [1.165, 1.54) is 0 Å². The van der Waals surface area contributed by atoms with E-state index in [-0.39, 0.29) is 11.8 Å². The summed E-state index contributed by atoms with van der Waals surface area (Å²) in [5.74, 6) is 2.17. The molecule has 33 heavy (non-hydrogen) atoms. The zero-order valence-corrected chi connectivity index (χ0v) is 18.6. The topological polar surface area (TPSA) is 104 Å². The molecule has 0 atom stereocenters. The minimum atomic E-state index is -0.0364. The van der Waals surface area contributed by atoms with Crippen molar-refractivity contribution in [2.75, 3.05) is 31.1 Å². The zero-order valence-electron chi connectivity index (χ0n) is 18.6. The Balaban J connectivity index is 1.20. The molecule has 0 radical (unpaired) electrons. The summed E-state index contributed by atoms with van der Waals surface area (Å²) >= 11 is 0. The highest BCUT2D eigenvalue weighted by atomic mass is 16.5. The van der Waals surface area contributed by atoms with Crippen molar-refractivity contribution in [2.24, 2.45) is 0 Å². The maximum atomic E-state index is 12.9. The Labute approximate surface area is 191 Å². The Bertz CT molecular complexity index is 1220. The molecule has 1 saturated heterocycles. The number of aromatic nitrogens is 5. The fraction of sp³-hybridized carbons (Fsp3) is 0.292. The number of nitrogens with one attached hydrogen (secondary N) is 1. The standard InChI is InChI=1S/C24H25N7O2/c1-16(2)23-26-22(29-33-23)18-8-9-21(25-15-18)30-10-12-31(13-11-30)24(32)20-14-19(27-28-20)17-6-4-3-5-7-17/h3-9,14-16H,10-13H2,1-2H3,(H,27,28). The molecule has 0 unspecified atom stereocenters. The first-order valence-corrected chi connectivity index (χ1v) is 11.0. The van der Waals surface area contributed by atoms with E-state index in [0.717, 1.165) is 22.6 Å². The average Bonchev–Trinajstić information content (AvgIpc) is 3.55. The van der Waals surface area contributed by atoms with Gasteiger partial charge < -0.3 is 14.3 Å². The molecular formula is C24H25N7O2. The SMILES string of the molecule is CC(C)c1nc(-c2ccc(N3CCN(C(=O)c4cc(-c5ccccc5)n[nH]4)CC3)nc2)no1. The fourth-order valence-corrected chi connectivity index (χ4v) is 3.79. The van der Waals surface area contributed by atoms with Gasteiger partial charge in [-0.05, 0) is 18.2 Å². The molecule has 5 rings (SSSR count). The van der Waals surface area contributed by atoms with Crippen LogP contribution in [0, 0.1) is 0 Å². The number of carbonyl (C=O) groups excluding carboxylic acids is 1. The Morgan fingerprint density at radius 3 is 2.48 bits per heavy atom. The van der Waals surface area contributed by atoms with Crippen LogP contribution in [0.15, 0.2) is 59.3 Å². The second-order valence-corrected chi connectivity index (χ2v) is 8.33. The minimum absolute atomic E-state index is 0.0364. The van der Waals surface area contributed by atoms with Crippen LogP contribution in [0.2, 0.25) is 0 Å². The van der Waals surface area contributed by atoms with Crippen LogP contribution in [0.5, 0.6) is 0 Å². The molecule has 4 aromatic rings. The predicted molar refractivity (Wildman–Crippen MR) is 124 cm³/mol. The lowest BCUT2D eigenvalue weighted by molar-refractivity contribution is 0.0740. The molecule has 1 N–H and O–H groups in total. The van der Waals surface area contributed by atoms with Crippen molar-refractivity contribution in [1.29, 1.82) is 0 Å². The minimum Gasteiger partial charge on any atom is -0.353 e. The number of H-pyrrole nitrogens is 1. The van der Waals surface area contributed by atoms with Crippen molar-refractivity contribution in [1.82, 2.24) is 30.2 Å². The largest absolute Gasteiger partial charge is 0.353 e. The van der Waals surface area contributed by atoms with E-state index >= 15 is 0 Å². The number of carbonyl (C=O) groups is 1. The van der Waals surface area contributed by atoms with E-state index in [0.29, 0.717) is 43.6 Å². The van der Waals surface area contributed by atoms with Crippen LogP contribution >= 0.6 is 0 Å². The Morgan fingerprint density at radius 1 is 1.03 bits per heavy atom. The highest BCUT2D eigenvalue weighted by molar-refractivity contribution is 5.93. The van der Waals surface area contributed by atoms with Crippen LogP contribution in [-0.2, 0) is 0 Å². The lowest BCUT2D eigenvalue weighted by Gasteiger charge is -2.35. The molecule has 1 aromatic carbocycles. The van der Waals surface area contributed by atoms with E-state index < -0.39 is 0 Å². The Morgan fingerprint density at radius 2 is 1.82 bits per heavy atom. The van der Waals surface area contributed by atoms with Crippen LogP contribution in [0.25, 0.3) is 22.6 Å². The summed E-state index contributed by atoms with van der Waals surface area (Å²) < 4.78 is 5.28. The van der Waals surface area contributed by atoms with Gasteiger partial charge in [-0.3, -0.25) is 9.89 Å². The molecule has 1 aliphatic rings. The molecular weight excluding hydrogens is 418 g/mol. The van der Waals surface area contributed by atoms with E-state index in [9.17, 15) is 4.79 Å². The number of anilines is 1. The van der Waals surface area contributed by atoms with Gasteiger partial charge in [0.1, 0.15) is 11.5 Å². The van der Waals surface area contributed by atoms with Crippen LogP contribution in [0.1, 0.15) is 36.1 Å². The van der Waals surface area contributed by atoms with Gasteiger partial charge in [-0.2, -0.15) is 10.1 Å². The summed E-state index contributed by atoms with van der Waals surface area (Å²) in [5.41, 5.74) is 3.07. The molecule has 4 heterocycles. The number of amides is 1. The van der Waals surface area contributed by atoms with E-state index in [1.54, 1.807) is 6.20 Å². The van der Waals surface area contributed by atoms with Gasteiger partial charge in [0.2, 0.25) is 11.7 Å². The molecule has 0 bridgehead atoms. The summed E-state index contributed by atoms with van der Waals surface area (Å²) in [6.45, 7) is 6.67. The third-order valence-corrected chi connectivity index (χ3v) is 5.71. The Hall–Kier alpha value is -4.01. The maximum absolute atomic E-state index is 12.9. The third-order valence-electron chi connectivity index (χ3n) is 5.71. The van der Waals surface area contributed by atoms with Gasteiger partial charge in [-0.15, -0.1) is 0 Å². The number of rotatable bonds is 5. The van der Waals surface area contributed by atoms with Crippen molar-refractivity contribution in [3.05, 3.63) is 66.3 Å².